The summed E-state index contributed by atoms with van der Waals surface area (Å²) in [4.78, 5) is 29.2. The van der Waals surface area contributed by atoms with Gasteiger partial charge in [-0.15, -0.1) is 0 Å². The zero-order chi connectivity index (χ0) is 7.28. The molecule has 4 nitrogen and oxygen atoms in total. The van der Waals surface area contributed by atoms with Gasteiger partial charge in [-0.2, -0.15) is 0 Å². The van der Waals surface area contributed by atoms with Gasteiger partial charge in [-0.25, -0.2) is 4.79 Å². The maximum atomic E-state index is 10.1. The van der Waals surface area contributed by atoms with Gasteiger partial charge in [0, 0.05) is 0 Å². The van der Waals surface area contributed by atoms with E-state index in [4.69, 9.17) is 5.11 Å². The molecule has 0 aromatic rings. The second-order valence-electron chi connectivity index (χ2n) is 1.16. The molecule has 0 aliphatic carbocycles. The summed E-state index contributed by atoms with van der Waals surface area (Å²) < 4.78 is 0. The first-order valence-electron chi connectivity index (χ1n) is 2.07. The Morgan fingerprint density at radius 1 is 1.33 bits per heavy atom. The lowest BCUT2D eigenvalue weighted by molar-refractivity contribution is -0.146. The highest BCUT2D eigenvalue weighted by Crippen LogP contribution is 1.73. The Hall–Kier alpha value is -1.45. The van der Waals surface area contributed by atoms with Crippen molar-refractivity contribution in [2.24, 2.45) is 0 Å². The molecule has 4 heteroatoms. The van der Waals surface area contributed by atoms with Gasteiger partial charge in [-0.3, -0.25) is 9.59 Å². The van der Waals surface area contributed by atoms with Crippen molar-refractivity contribution in [2.75, 3.05) is 0 Å². The number of carboxylic acids is 1. The van der Waals surface area contributed by atoms with Gasteiger partial charge in [0.05, 0.1) is 0 Å². The molecule has 0 unspecified atom stereocenters. The van der Waals surface area contributed by atoms with E-state index in [-0.39, 0.29) is 0 Å². The average molecular weight is 128 g/mol. The summed E-state index contributed by atoms with van der Waals surface area (Å²) in [5, 5.41) is 7.89. The summed E-state index contributed by atoms with van der Waals surface area (Å²) in [7, 11) is 0. The van der Waals surface area contributed by atoms with Gasteiger partial charge in [0.1, 0.15) is 6.29 Å². The Bertz CT molecular complexity index is 168. The van der Waals surface area contributed by atoms with E-state index in [1.807, 2.05) is 0 Å². The Morgan fingerprint density at radius 2 is 1.89 bits per heavy atom. The van der Waals surface area contributed by atoms with Crippen LogP contribution >= 0.6 is 0 Å². The molecule has 0 aromatic carbocycles. The summed E-state index contributed by atoms with van der Waals surface area (Å²) in [6.45, 7) is 0. The van der Waals surface area contributed by atoms with Crippen LogP contribution in [0.1, 0.15) is 0 Å². The average Bonchev–Trinajstić information content (AvgIpc) is 1.82. The van der Waals surface area contributed by atoms with Gasteiger partial charge in [-0.1, -0.05) is 0 Å². The number of carboxylic acid groups (broad SMARTS) is 1. The smallest absolute Gasteiger partial charge is 0.376 e. The van der Waals surface area contributed by atoms with E-state index in [0.29, 0.717) is 12.4 Å². The molecule has 0 fully saturated rings. The molecular formula is C5H4O4. The van der Waals surface area contributed by atoms with E-state index in [9.17, 15) is 14.4 Å². The van der Waals surface area contributed by atoms with E-state index in [1.54, 1.807) is 0 Å². The van der Waals surface area contributed by atoms with Crippen LogP contribution < -0.4 is 0 Å². The predicted molar refractivity (Wildman–Crippen MR) is 27.8 cm³/mol. The fourth-order valence-corrected chi connectivity index (χ4v) is 0.198. The van der Waals surface area contributed by atoms with Crippen LogP contribution in [-0.2, 0) is 14.4 Å². The van der Waals surface area contributed by atoms with Crippen molar-refractivity contribution in [3.8, 4) is 0 Å². The lowest BCUT2D eigenvalue weighted by Crippen LogP contribution is -2.08. The quantitative estimate of drug-likeness (QED) is 0.313. The van der Waals surface area contributed by atoms with Crippen LogP contribution in [0.3, 0.4) is 0 Å². The third-order valence-corrected chi connectivity index (χ3v) is 0.537. The van der Waals surface area contributed by atoms with Crippen molar-refractivity contribution in [3.63, 3.8) is 0 Å². The fraction of sp³-hybridized carbons (Fsp3) is 0. The topological polar surface area (TPSA) is 71.4 Å². The molecule has 0 amide bonds. The summed E-state index contributed by atoms with van der Waals surface area (Å²) in [5.74, 6) is -2.66. The van der Waals surface area contributed by atoms with Crippen LogP contribution in [0.5, 0.6) is 0 Å². The molecule has 0 aliphatic heterocycles. The van der Waals surface area contributed by atoms with Gasteiger partial charge in [0.2, 0.25) is 0 Å². The number of aliphatic carboxylic acids is 1. The van der Waals surface area contributed by atoms with Crippen molar-refractivity contribution in [2.45, 2.75) is 0 Å². The summed E-state index contributed by atoms with van der Waals surface area (Å²) in [6.07, 6.45) is 1.85. The summed E-state index contributed by atoms with van der Waals surface area (Å²) in [5.41, 5.74) is 0. The van der Waals surface area contributed by atoms with Crippen molar-refractivity contribution in [3.05, 3.63) is 12.2 Å². The number of ketones is 1. The second-order valence-corrected chi connectivity index (χ2v) is 1.16. The minimum Gasteiger partial charge on any atom is -0.475 e. The molecule has 1 N–H and O–H groups in total. The fourth-order valence-electron chi connectivity index (χ4n) is 0.198. The molecule has 0 aliphatic rings. The molecule has 0 rings (SSSR count). The second kappa shape index (κ2) is 3.54. The third kappa shape index (κ3) is 3.16. The van der Waals surface area contributed by atoms with Gasteiger partial charge in [0.25, 0.3) is 5.78 Å². The Balaban J connectivity index is 3.92. The number of hydrogen-bond acceptors (Lipinski definition) is 3. The van der Waals surface area contributed by atoms with E-state index in [0.717, 1.165) is 6.08 Å². The first kappa shape index (κ1) is 7.55. The van der Waals surface area contributed by atoms with Crippen molar-refractivity contribution in [1.82, 2.24) is 0 Å². The van der Waals surface area contributed by atoms with Crippen molar-refractivity contribution in [1.29, 1.82) is 0 Å². The zero-order valence-corrected chi connectivity index (χ0v) is 4.40. The van der Waals surface area contributed by atoms with Gasteiger partial charge < -0.3 is 5.11 Å². The van der Waals surface area contributed by atoms with Gasteiger partial charge >= 0.3 is 5.97 Å². The highest BCUT2D eigenvalue weighted by molar-refractivity contribution is 6.37. The SMILES string of the molecule is O=C/C=C\C(=O)C(=O)O. The normalized spacial score (nSPS) is 9.33. The van der Waals surface area contributed by atoms with Crippen LogP contribution in [0.25, 0.3) is 0 Å². The van der Waals surface area contributed by atoms with Crippen LogP contribution in [0.2, 0.25) is 0 Å². The van der Waals surface area contributed by atoms with Crippen LogP contribution in [-0.4, -0.2) is 23.1 Å². The highest BCUT2D eigenvalue weighted by Gasteiger charge is 2.04. The molecule has 0 heterocycles. The Morgan fingerprint density at radius 3 is 2.22 bits per heavy atom. The first-order valence-corrected chi connectivity index (χ1v) is 2.07. The molecule has 9 heavy (non-hydrogen) atoms. The molecular weight excluding hydrogens is 124 g/mol. The maximum Gasteiger partial charge on any atom is 0.376 e. The monoisotopic (exact) mass is 128 g/mol. The zero-order valence-electron chi connectivity index (χ0n) is 4.40. The standard InChI is InChI=1S/C5H4O4/c6-3-1-2-4(7)5(8)9/h1-3H,(H,8,9)/b2-1-. The van der Waals surface area contributed by atoms with Crippen LogP contribution in [0.4, 0.5) is 0 Å². The van der Waals surface area contributed by atoms with Gasteiger partial charge in [-0.05, 0) is 12.2 Å². The van der Waals surface area contributed by atoms with Crippen molar-refractivity contribution >= 4 is 18.0 Å². The molecule has 0 atom stereocenters. The maximum absolute atomic E-state index is 10.1. The number of hydrogen-bond donors (Lipinski definition) is 1. The molecule has 0 radical (unpaired) electrons. The molecule has 0 aromatic heterocycles. The van der Waals surface area contributed by atoms with Gasteiger partial charge in [0.15, 0.2) is 0 Å². The minimum absolute atomic E-state index is 0.334. The summed E-state index contributed by atoms with van der Waals surface area (Å²) >= 11 is 0. The van der Waals surface area contributed by atoms with Crippen LogP contribution in [0, 0.1) is 0 Å². The molecule has 0 bridgehead atoms. The third-order valence-electron chi connectivity index (χ3n) is 0.537. The lowest BCUT2D eigenvalue weighted by Gasteiger charge is -1.77. The number of allylic oxidation sites excluding steroid dienone is 1. The molecule has 0 spiro atoms. The minimum atomic E-state index is -1.56. The largest absolute Gasteiger partial charge is 0.475 e. The van der Waals surface area contributed by atoms with E-state index in [2.05, 4.69) is 0 Å². The van der Waals surface area contributed by atoms with Crippen molar-refractivity contribution < 1.29 is 19.5 Å². The number of aldehydes is 1. The number of carbonyl (C=O) groups excluding carboxylic acids is 2. The molecule has 0 saturated heterocycles. The van der Waals surface area contributed by atoms with E-state index >= 15 is 0 Å². The van der Waals surface area contributed by atoms with E-state index < -0.39 is 11.8 Å². The first-order chi connectivity index (χ1) is 4.18. The van der Waals surface area contributed by atoms with Crippen LogP contribution in [0.15, 0.2) is 12.2 Å². The highest BCUT2D eigenvalue weighted by atomic mass is 16.4. The predicted octanol–water partition coefficient (Wildman–Crippen LogP) is -0.605. The Labute approximate surface area is 50.8 Å². The molecule has 48 valence electrons. The lowest BCUT2D eigenvalue weighted by atomic mass is 10.4. The number of rotatable bonds is 3. The summed E-state index contributed by atoms with van der Waals surface area (Å²) in [6, 6.07) is 0. The van der Waals surface area contributed by atoms with E-state index in [1.165, 1.54) is 0 Å². The molecule has 0 saturated carbocycles. The Kier molecular flexibility index (Phi) is 2.97. The number of carbonyl (C=O) groups is 3.